The lowest BCUT2D eigenvalue weighted by atomic mass is 9.97. The Balaban J connectivity index is 1.08. The molecule has 0 radical (unpaired) electrons. The van der Waals surface area contributed by atoms with Crippen molar-refractivity contribution in [3.63, 3.8) is 0 Å². The minimum absolute atomic E-state index is 0.653. The quantitative estimate of drug-likeness (QED) is 0.172. The van der Waals surface area contributed by atoms with E-state index in [4.69, 9.17) is 19.9 Å². The van der Waals surface area contributed by atoms with Crippen LogP contribution in [0.5, 0.6) is 0 Å². The van der Waals surface area contributed by atoms with Crippen molar-refractivity contribution in [2.24, 2.45) is 0 Å². The summed E-state index contributed by atoms with van der Waals surface area (Å²) in [5, 5.41) is 10.6. The highest BCUT2D eigenvalue weighted by Gasteiger charge is 2.18. The molecule has 0 bridgehead atoms. The Morgan fingerprint density at radius 1 is 0.327 bits per heavy atom. The van der Waals surface area contributed by atoms with Gasteiger partial charge in [-0.1, -0.05) is 115 Å². The number of rotatable bonds is 4. The molecule has 11 rings (SSSR count). The van der Waals surface area contributed by atoms with Crippen molar-refractivity contribution >= 4 is 85.4 Å². The Morgan fingerprint density at radius 2 is 1.00 bits per heavy atom. The number of hydrogen-bond donors (Lipinski definition) is 0. The maximum atomic E-state index is 5.21. The Labute approximate surface area is 306 Å². The summed E-state index contributed by atoms with van der Waals surface area (Å²) >= 11 is 3.55. The van der Waals surface area contributed by atoms with Crippen LogP contribution in [0, 0.1) is 0 Å². The summed E-state index contributed by atoms with van der Waals surface area (Å²) < 4.78 is 3.63. The van der Waals surface area contributed by atoms with Crippen LogP contribution in [0.2, 0.25) is 0 Å². The van der Waals surface area contributed by atoms with E-state index in [2.05, 4.69) is 140 Å². The Kier molecular flexibility index (Phi) is 6.56. The molecular weight excluding hydrogens is 673 g/mol. The van der Waals surface area contributed by atoms with E-state index in [0.29, 0.717) is 17.5 Å². The van der Waals surface area contributed by atoms with Gasteiger partial charge in [0.2, 0.25) is 0 Å². The van der Waals surface area contributed by atoms with Crippen molar-refractivity contribution in [2.45, 2.75) is 0 Å². The van der Waals surface area contributed by atoms with Crippen LogP contribution in [0.4, 0.5) is 0 Å². The highest BCUT2D eigenvalue weighted by Crippen LogP contribution is 2.41. The molecule has 3 heterocycles. The normalized spacial score (nSPS) is 11.8. The molecule has 6 heteroatoms. The molecule has 0 spiro atoms. The van der Waals surface area contributed by atoms with Crippen LogP contribution < -0.4 is 0 Å². The van der Waals surface area contributed by atoms with Crippen LogP contribution in [0.25, 0.3) is 107 Å². The number of fused-ring (bicyclic) bond motifs is 8. The zero-order valence-corrected chi connectivity index (χ0v) is 29.2. The third-order valence-electron chi connectivity index (χ3n) is 9.91. The average Bonchev–Trinajstić information content (AvgIpc) is 3.79. The fourth-order valence-electron chi connectivity index (χ4n) is 7.36. The van der Waals surface area contributed by atoms with E-state index in [1.165, 1.54) is 46.4 Å². The molecule has 0 N–H and O–H groups in total. The zero-order chi connectivity index (χ0) is 34.2. The number of nitrogens with zero attached hydrogens (tertiary/aromatic N) is 4. The van der Waals surface area contributed by atoms with Gasteiger partial charge in [0.25, 0.3) is 0 Å². The first-order valence-corrected chi connectivity index (χ1v) is 18.8. The van der Waals surface area contributed by atoms with Gasteiger partial charge in [0.1, 0.15) is 5.01 Å². The topological polar surface area (TPSA) is 51.6 Å². The minimum atomic E-state index is 0.653. The van der Waals surface area contributed by atoms with Gasteiger partial charge < -0.3 is 0 Å². The second-order valence-electron chi connectivity index (χ2n) is 13.1. The number of benzene rings is 8. The average molecular weight is 699 g/mol. The lowest BCUT2D eigenvalue weighted by Crippen LogP contribution is -2.00. The van der Waals surface area contributed by atoms with E-state index in [0.717, 1.165) is 43.6 Å². The fraction of sp³-hybridized carbons (Fsp3) is 0. The molecule has 0 saturated carbocycles. The predicted octanol–water partition coefficient (Wildman–Crippen LogP) is 13.0. The van der Waals surface area contributed by atoms with Crippen molar-refractivity contribution in [1.82, 2.24) is 19.9 Å². The molecule has 11 aromatic rings. The maximum absolute atomic E-state index is 5.21. The molecule has 0 aliphatic carbocycles. The highest BCUT2D eigenvalue weighted by atomic mass is 32.1. The largest absolute Gasteiger partial charge is 0.236 e. The van der Waals surface area contributed by atoms with Crippen LogP contribution in [0.3, 0.4) is 0 Å². The van der Waals surface area contributed by atoms with Gasteiger partial charge in [-0.2, -0.15) is 0 Å². The predicted molar refractivity (Wildman–Crippen MR) is 220 cm³/mol. The summed E-state index contributed by atoms with van der Waals surface area (Å²) in [6, 6.07) is 55.7. The summed E-state index contributed by atoms with van der Waals surface area (Å²) in [5.74, 6) is 1.97. The fourth-order valence-corrected chi connectivity index (χ4v) is 9.45. The van der Waals surface area contributed by atoms with Crippen LogP contribution in [-0.4, -0.2) is 19.9 Å². The molecule has 242 valence electrons. The molecule has 0 fully saturated rings. The molecule has 4 nitrogen and oxygen atoms in total. The smallest absolute Gasteiger partial charge is 0.164 e. The van der Waals surface area contributed by atoms with Crippen molar-refractivity contribution in [3.8, 4) is 44.7 Å². The van der Waals surface area contributed by atoms with Crippen molar-refractivity contribution < 1.29 is 0 Å². The zero-order valence-electron chi connectivity index (χ0n) is 27.6. The van der Waals surface area contributed by atoms with E-state index in [-0.39, 0.29) is 0 Å². The molecule has 3 aromatic heterocycles. The van der Waals surface area contributed by atoms with Crippen molar-refractivity contribution in [2.75, 3.05) is 0 Å². The molecular formula is C46H26N4S2. The summed E-state index contributed by atoms with van der Waals surface area (Å²) in [7, 11) is 0. The van der Waals surface area contributed by atoms with E-state index in [9.17, 15) is 0 Å². The Morgan fingerprint density at radius 3 is 1.87 bits per heavy atom. The molecule has 0 aliphatic heterocycles. The third kappa shape index (κ3) is 4.80. The monoisotopic (exact) mass is 698 g/mol. The number of aromatic nitrogens is 4. The van der Waals surface area contributed by atoms with Crippen molar-refractivity contribution in [3.05, 3.63) is 158 Å². The van der Waals surface area contributed by atoms with Gasteiger partial charge >= 0.3 is 0 Å². The Bertz CT molecular complexity index is 3200. The molecule has 52 heavy (non-hydrogen) atoms. The number of thiazole rings is 1. The van der Waals surface area contributed by atoms with Crippen LogP contribution >= 0.6 is 22.7 Å². The van der Waals surface area contributed by atoms with Crippen LogP contribution in [-0.2, 0) is 0 Å². The van der Waals surface area contributed by atoms with Gasteiger partial charge in [-0.25, -0.2) is 19.9 Å². The van der Waals surface area contributed by atoms with Gasteiger partial charge in [-0.15, -0.1) is 22.7 Å². The molecule has 0 unspecified atom stereocenters. The molecule has 0 aliphatic rings. The van der Waals surface area contributed by atoms with Gasteiger partial charge in [-0.3, -0.25) is 0 Å². The van der Waals surface area contributed by atoms with E-state index in [1.807, 2.05) is 18.2 Å². The second-order valence-corrected chi connectivity index (χ2v) is 15.2. The van der Waals surface area contributed by atoms with E-state index in [1.54, 1.807) is 22.7 Å². The summed E-state index contributed by atoms with van der Waals surface area (Å²) in [4.78, 5) is 20.5. The first-order chi connectivity index (χ1) is 25.7. The van der Waals surface area contributed by atoms with Gasteiger partial charge in [0.15, 0.2) is 17.5 Å². The highest BCUT2D eigenvalue weighted by molar-refractivity contribution is 7.26. The standard InChI is InChI=1S/C46H26N4S2/c1-2-11-28(12-3-1)43-48-44(50-45(49-43)38-23-30-14-6-7-15-33(30)34-16-8-9-17-35(34)38)31-20-21-40-36(24-31)37-25-42-39(26-41(37)51-40)47-46(52-42)32-19-18-27-10-4-5-13-29(27)22-32/h1-26H. The van der Waals surface area contributed by atoms with Gasteiger partial charge in [0.05, 0.1) is 10.2 Å². The minimum Gasteiger partial charge on any atom is -0.236 e. The number of hydrogen-bond acceptors (Lipinski definition) is 6. The lowest BCUT2D eigenvalue weighted by molar-refractivity contribution is 1.08. The van der Waals surface area contributed by atoms with E-state index >= 15 is 0 Å². The number of thiophene rings is 1. The molecule has 8 aromatic carbocycles. The SMILES string of the molecule is c1ccc(-c2nc(-c3ccc4sc5cc6nc(-c7ccc8ccccc8c7)sc6cc5c4c3)nc(-c3cc4ccccc4c4ccccc34)n2)cc1. The molecule has 0 amide bonds. The third-order valence-corrected chi connectivity index (χ3v) is 12.1. The summed E-state index contributed by atoms with van der Waals surface area (Å²) in [6.07, 6.45) is 0. The summed E-state index contributed by atoms with van der Waals surface area (Å²) in [6.45, 7) is 0. The first-order valence-electron chi connectivity index (χ1n) is 17.2. The first kappa shape index (κ1) is 29.4. The lowest BCUT2D eigenvalue weighted by Gasteiger charge is -2.12. The molecule has 0 atom stereocenters. The van der Waals surface area contributed by atoms with Gasteiger partial charge in [0, 0.05) is 42.4 Å². The van der Waals surface area contributed by atoms with E-state index < -0.39 is 0 Å². The second kappa shape index (κ2) is 11.6. The van der Waals surface area contributed by atoms with Crippen LogP contribution in [0.1, 0.15) is 0 Å². The van der Waals surface area contributed by atoms with Gasteiger partial charge in [-0.05, 0) is 74.8 Å². The van der Waals surface area contributed by atoms with Crippen LogP contribution in [0.15, 0.2) is 158 Å². The Hall–Kier alpha value is -6.34. The maximum Gasteiger partial charge on any atom is 0.164 e. The summed E-state index contributed by atoms with van der Waals surface area (Å²) in [5.41, 5.74) is 5.08. The van der Waals surface area contributed by atoms with Crippen molar-refractivity contribution in [1.29, 1.82) is 0 Å². The molecule has 0 saturated heterocycles.